The molecule has 0 aliphatic carbocycles. The quantitative estimate of drug-likeness (QED) is 0.216. The SMILES string of the molecule is CCn1cc(-c2cc(C(F)F)nc3sc(C(N)=O)c(NC(=O)c4cc(-c5c(C)nn(C)c5C)nc5ccccc45)c23)c(C)n1. The van der Waals surface area contributed by atoms with Gasteiger partial charge in [-0.3, -0.25) is 19.0 Å². The van der Waals surface area contributed by atoms with Gasteiger partial charge in [0, 0.05) is 47.4 Å². The van der Waals surface area contributed by atoms with E-state index in [2.05, 4.69) is 20.5 Å². The molecule has 0 radical (unpaired) electrons. The fourth-order valence-corrected chi connectivity index (χ4v) is 6.51. The number of aromatic nitrogens is 6. The van der Waals surface area contributed by atoms with Gasteiger partial charge in [-0.05, 0) is 51.5 Å². The number of nitrogens with two attached hydrogens (primary N) is 1. The molecule has 2 amide bonds. The Morgan fingerprint density at radius 1 is 1.05 bits per heavy atom. The number of fused-ring (bicyclic) bond motifs is 2. The highest BCUT2D eigenvalue weighted by atomic mass is 32.1. The van der Waals surface area contributed by atoms with Crippen LogP contribution in [0.25, 0.3) is 43.5 Å². The molecule has 0 atom stereocenters. The van der Waals surface area contributed by atoms with Crippen LogP contribution in [0.15, 0.2) is 42.6 Å². The molecule has 3 N–H and O–H groups in total. The molecular weight excluding hydrogens is 586 g/mol. The highest BCUT2D eigenvalue weighted by Crippen LogP contribution is 2.43. The maximum atomic E-state index is 14.2. The van der Waals surface area contributed by atoms with Crippen molar-refractivity contribution in [3.8, 4) is 22.4 Å². The summed E-state index contributed by atoms with van der Waals surface area (Å²) in [5, 5.41) is 12.8. The van der Waals surface area contributed by atoms with E-state index in [1.165, 1.54) is 6.07 Å². The maximum absolute atomic E-state index is 14.2. The summed E-state index contributed by atoms with van der Waals surface area (Å²) in [4.78, 5) is 36.0. The lowest BCUT2D eigenvalue weighted by molar-refractivity contribution is 0.100. The predicted molar refractivity (Wildman–Crippen MR) is 166 cm³/mol. The molecule has 0 aliphatic heterocycles. The smallest absolute Gasteiger partial charge is 0.280 e. The van der Waals surface area contributed by atoms with E-state index < -0.39 is 23.9 Å². The number of amides is 2. The number of nitrogens with one attached hydrogen (secondary N) is 1. The van der Waals surface area contributed by atoms with Crippen molar-refractivity contribution in [2.45, 2.75) is 40.7 Å². The van der Waals surface area contributed by atoms with Crippen molar-refractivity contribution in [2.24, 2.45) is 12.8 Å². The summed E-state index contributed by atoms with van der Waals surface area (Å²) in [6.45, 7) is 8.03. The van der Waals surface area contributed by atoms with Gasteiger partial charge in [-0.2, -0.15) is 10.2 Å². The average molecular weight is 615 g/mol. The molecular formula is C31H28F2N8O2S. The second-order valence-electron chi connectivity index (χ2n) is 10.4. The normalized spacial score (nSPS) is 11.6. The molecule has 5 aromatic heterocycles. The van der Waals surface area contributed by atoms with Crippen LogP contribution in [-0.4, -0.2) is 41.3 Å². The van der Waals surface area contributed by atoms with Gasteiger partial charge in [0.1, 0.15) is 15.4 Å². The number of hydrogen-bond acceptors (Lipinski definition) is 7. The van der Waals surface area contributed by atoms with Gasteiger partial charge in [0.2, 0.25) is 0 Å². The second kappa shape index (κ2) is 10.9. The van der Waals surface area contributed by atoms with Gasteiger partial charge >= 0.3 is 0 Å². The summed E-state index contributed by atoms with van der Waals surface area (Å²) in [5.74, 6) is -1.35. The van der Waals surface area contributed by atoms with Crippen molar-refractivity contribution in [2.75, 3.05) is 5.32 Å². The van der Waals surface area contributed by atoms with Crippen LogP contribution < -0.4 is 11.1 Å². The Bertz CT molecular complexity index is 2130. The van der Waals surface area contributed by atoms with Gasteiger partial charge in [0.25, 0.3) is 18.2 Å². The molecule has 10 nitrogen and oxygen atoms in total. The summed E-state index contributed by atoms with van der Waals surface area (Å²) in [7, 11) is 1.84. The van der Waals surface area contributed by atoms with Crippen LogP contribution in [0, 0.1) is 20.8 Å². The van der Waals surface area contributed by atoms with Crippen LogP contribution in [0.4, 0.5) is 14.5 Å². The van der Waals surface area contributed by atoms with Crippen LogP contribution in [0.1, 0.15) is 56.2 Å². The summed E-state index contributed by atoms with van der Waals surface area (Å²) in [6.07, 6.45) is -1.12. The lowest BCUT2D eigenvalue weighted by Crippen LogP contribution is -2.17. The third-order valence-corrected chi connectivity index (χ3v) is 8.75. The summed E-state index contributed by atoms with van der Waals surface area (Å²) < 4.78 is 31.4. The first-order valence-electron chi connectivity index (χ1n) is 13.8. The number of benzene rings is 1. The molecule has 0 bridgehead atoms. The van der Waals surface area contributed by atoms with Crippen molar-refractivity contribution < 1.29 is 18.4 Å². The highest BCUT2D eigenvalue weighted by Gasteiger charge is 2.27. The van der Waals surface area contributed by atoms with Crippen molar-refractivity contribution in [3.63, 3.8) is 0 Å². The lowest BCUT2D eigenvalue weighted by atomic mass is 10.0. The summed E-state index contributed by atoms with van der Waals surface area (Å²) in [5.41, 5.74) is 10.8. The molecule has 0 unspecified atom stereocenters. The average Bonchev–Trinajstić information content (AvgIpc) is 3.63. The molecule has 0 saturated heterocycles. The van der Waals surface area contributed by atoms with Crippen LogP contribution in [-0.2, 0) is 13.6 Å². The Morgan fingerprint density at radius 2 is 1.80 bits per heavy atom. The molecule has 0 aliphatic rings. The molecule has 13 heteroatoms. The fraction of sp³-hybridized carbons (Fsp3) is 0.226. The monoisotopic (exact) mass is 614 g/mol. The number of alkyl halides is 2. The van der Waals surface area contributed by atoms with Crippen LogP contribution >= 0.6 is 11.3 Å². The van der Waals surface area contributed by atoms with Crippen molar-refractivity contribution in [3.05, 3.63) is 75.8 Å². The Kier molecular flexibility index (Phi) is 7.20. The molecule has 5 heterocycles. The van der Waals surface area contributed by atoms with E-state index in [1.54, 1.807) is 40.7 Å². The first kappa shape index (κ1) is 29.1. The zero-order chi connectivity index (χ0) is 31.4. The molecule has 224 valence electrons. The number of thiophene rings is 1. The number of rotatable bonds is 7. The second-order valence-corrected chi connectivity index (χ2v) is 11.4. The van der Waals surface area contributed by atoms with E-state index in [9.17, 15) is 18.4 Å². The Morgan fingerprint density at radius 3 is 2.43 bits per heavy atom. The van der Waals surface area contributed by atoms with Gasteiger partial charge in [-0.25, -0.2) is 18.7 Å². The lowest BCUT2D eigenvalue weighted by Gasteiger charge is -2.13. The van der Waals surface area contributed by atoms with Crippen LogP contribution in [0.2, 0.25) is 0 Å². The van der Waals surface area contributed by atoms with Crippen molar-refractivity contribution in [1.29, 1.82) is 0 Å². The Labute approximate surface area is 254 Å². The van der Waals surface area contributed by atoms with Gasteiger partial charge in [0.15, 0.2) is 0 Å². The van der Waals surface area contributed by atoms with E-state index in [-0.39, 0.29) is 15.4 Å². The number of carbonyl (C=O) groups excluding carboxylic acids is 2. The maximum Gasteiger partial charge on any atom is 0.280 e. The topological polar surface area (TPSA) is 134 Å². The third-order valence-electron chi connectivity index (χ3n) is 7.65. The number of hydrogen-bond donors (Lipinski definition) is 2. The molecule has 0 fully saturated rings. The Hall–Kier alpha value is -5.04. The number of anilines is 1. The van der Waals surface area contributed by atoms with Crippen molar-refractivity contribution >= 4 is 50.0 Å². The van der Waals surface area contributed by atoms with Crippen molar-refractivity contribution in [1.82, 2.24) is 29.5 Å². The summed E-state index contributed by atoms with van der Waals surface area (Å²) >= 11 is 0.854. The molecule has 0 saturated carbocycles. The number of halogens is 2. The van der Waals surface area contributed by atoms with Gasteiger partial charge in [0.05, 0.1) is 33.8 Å². The summed E-state index contributed by atoms with van der Waals surface area (Å²) in [6, 6.07) is 10.2. The number of primary amides is 1. The minimum absolute atomic E-state index is 0.00779. The number of carbonyl (C=O) groups is 2. The standard InChI is InChI=1S/C31H28F2N8O2S/c1-6-41-13-20(14(2)39-41)18-11-23(28(32)33)36-31-25(18)26(27(44-31)29(34)42)37-30(43)19-12-22(24-15(3)38-40(5)16(24)4)35-21-10-8-7-9-17(19)21/h7-13,28H,6H2,1-5H3,(H2,34,42)(H,37,43). The number of nitrogens with zero attached hydrogens (tertiary/aromatic N) is 6. The van der Waals surface area contributed by atoms with Crippen LogP contribution in [0.5, 0.6) is 0 Å². The fourth-order valence-electron chi connectivity index (χ4n) is 5.50. The number of aryl methyl sites for hydroxylation is 4. The van der Waals surface area contributed by atoms with Gasteiger partial charge < -0.3 is 11.1 Å². The molecule has 6 rings (SSSR count). The number of para-hydroxylation sites is 1. The minimum atomic E-state index is -2.86. The minimum Gasteiger partial charge on any atom is -0.365 e. The van der Waals surface area contributed by atoms with Gasteiger partial charge in [-0.1, -0.05) is 18.2 Å². The number of pyridine rings is 2. The molecule has 0 spiro atoms. The zero-order valence-corrected chi connectivity index (χ0v) is 25.4. The molecule has 1 aromatic carbocycles. The van der Waals surface area contributed by atoms with Crippen LogP contribution in [0.3, 0.4) is 0 Å². The molecule has 44 heavy (non-hydrogen) atoms. The predicted octanol–water partition coefficient (Wildman–Crippen LogP) is 6.34. The molecule has 6 aromatic rings. The highest BCUT2D eigenvalue weighted by molar-refractivity contribution is 7.21. The first-order chi connectivity index (χ1) is 21.0. The largest absolute Gasteiger partial charge is 0.365 e. The van der Waals surface area contributed by atoms with E-state index in [0.717, 1.165) is 28.3 Å². The van der Waals surface area contributed by atoms with E-state index in [1.807, 2.05) is 40.0 Å². The van der Waals surface area contributed by atoms with E-state index >= 15 is 0 Å². The van der Waals surface area contributed by atoms with E-state index in [4.69, 9.17) is 10.7 Å². The zero-order valence-electron chi connectivity index (χ0n) is 24.6. The van der Waals surface area contributed by atoms with E-state index in [0.29, 0.717) is 50.9 Å². The first-order valence-corrected chi connectivity index (χ1v) is 14.6. The third kappa shape index (κ3) is 4.78. The van der Waals surface area contributed by atoms with Gasteiger partial charge in [-0.15, -0.1) is 11.3 Å². The Balaban J connectivity index is 1.58.